The van der Waals surface area contributed by atoms with Gasteiger partial charge < -0.3 is 19.5 Å². The zero-order valence-corrected chi connectivity index (χ0v) is 19.6. The molecule has 0 aliphatic carbocycles. The lowest BCUT2D eigenvalue weighted by Crippen LogP contribution is -2.46. The van der Waals surface area contributed by atoms with Gasteiger partial charge in [0.05, 0.1) is 17.4 Å². The Hall–Kier alpha value is -3.95. The van der Waals surface area contributed by atoms with Crippen LogP contribution in [0.1, 0.15) is 49.9 Å². The fraction of sp³-hybridized carbons (Fsp3) is 0.400. The second-order valence-corrected chi connectivity index (χ2v) is 9.50. The highest BCUT2D eigenvalue weighted by atomic mass is 16.6. The van der Waals surface area contributed by atoms with Gasteiger partial charge in [0.1, 0.15) is 11.9 Å². The highest BCUT2D eigenvalue weighted by molar-refractivity contribution is 6.16. The number of likely N-dealkylation sites (tertiary alicyclic amines) is 1. The van der Waals surface area contributed by atoms with Gasteiger partial charge in [-0.15, -0.1) is 0 Å². The van der Waals surface area contributed by atoms with Crippen molar-refractivity contribution in [3.8, 4) is 11.6 Å². The maximum Gasteiger partial charge on any atom is 0.416 e. The van der Waals surface area contributed by atoms with E-state index in [-0.39, 0.29) is 47.6 Å². The molecule has 184 valence electrons. The number of carbonyl (C=O) groups excluding carboxylic acids is 3. The average molecular weight is 482 g/mol. The molecule has 3 amide bonds. The Morgan fingerprint density at radius 1 is 1.00 bits per heavy atom. The highest BCUT2D eigenvalue weighted by Crippen LogP contribution is 2.34. The smallest absolute Gasteiger partial charge is 0.416 e. The molecule has 0 bridgehead atoms. The number of carboxylic acids is 1. The Morgan fingerprint density at radius 3 is 2.17 bits per heavy atom. The number of ether oxygens (including phenoxy) is 2. The molecule has 0 atom stereocenters. The fourth-order valence-electron chi connectivity index (χ4n) is 4.21. The summed E-state index contributed by atoms with van der Waals surface area (Å²) in [7, 11) is 0. The summed E-state index contributed by atoms with van der Waals surface area (Å²) in [6.07, 6.45) is 2.44. The number of rotatable bonds is 5. The number of benzene rings is 1. The molecule has 10 nitrogen and oxygen atoms in total. The van der Waals surface area contributed by atoms with Crippen molar-refractivity contribution in [1.29, 1.82) is 0 Å². The first-order valence-corrected chi connectivity index (χ1v) is 11.4. The van der Waals surface area contributed by atoms with E-state index in [1.807, 2.05) is 13.8 Å². The Balaban J connectivity index is 1.28. The Kier molecular flexibility index (Phi) is 6.72. The van der Waals surface area contributed by atoms with Gasteiger partial charge in [0.2, 0.25) is 17.7 Å². The van der Waals surface area contributed by atoms with E-state index >= 15 is 0 Å². The predicted molar refractivity (Wildman–Crippen MR) is 124 cm³/mol. The fourth-order valence-corrected chi connectivity index (χ4v) is 4.21. The molecule has 0 radical (unpaired) electrons. The minimum absolute atomic E-state index is 0.0767. The van der Waals surface area contributed by atoms with Crippen molar-refractivity contribution in [2.45, 2.75) is 45.6 Å². The first kappa shape index (κ1) is 24.2. The second kappa shape index (κ2) is 9.73. The monoisotopic (exact) mass is 481 g/mol. The molecule has 2 aromatic rings. The topological polar surface area (TPSA) is 126 Å². The first-order valence-electron chi connectivity index (χ1n) is 11.4. The van der Waals surface area contributed by atoms with Crippen LogP contribution in [0.4, 0.5) is 10.5 Å². The van der Waals surface area contributed by atoms with Gasteiger partial charge in [-0.2, -0.15) is 0 Å². The van der Waals surface area contributed by atoms with E-state index in [4.69, 9.17) is 14.6 Å². The number of aromatic carboxylic acids is 1. The summed E-state index contributed by atoms with van der Waals surface area (Å²) in [6.45, 7) is 4.63. The summed E-state index contributed by atoms with van der Waals surface area (Å²) < 4.78 is 11.3. The zero-order chi connectivity index (χ0) is 25.2. The van der Waals surface area contributed by atoms with E-state index < -0.39 is 12.1 Å². The van der Waals surface area contributed by atoms with Gasteiger partial charge in [-0.25, -0.2) is 19.5 Å². The molecule has 2 aliphatic rings. The van der Waals surface area contributed by atoms with Crippen molar-refractivity contribution in [2.24, 2.45) is 5.41 Å². The van der Waals surface area contributed by atoms with Crippen LogP contribution in [0.25, 0.3) is 0 Å². The molecular weight excluding hydrogens is 454 g/mol. The molecule has 2 fully saturated rings. The predicted octanol–water partition coefficient (Wildman–Crippen LogP) is 3.50. The number of carboxylic acid groups (broad SMARTS) is 1. The minimum Gasteiger partial charge on any atom is -0.490 e. The van der Waals surface area contributed by atoms with Gasteiger partial charge in [-0.3, -0.25) is 9.59 Å². The number of hydrogen-bond acceptors (Lipinski definition) is 7. The van der Waals surface area contributed by atoms with Crippen LogP contribution >= 0.6 is 0 Å². The van der Waals surface area contributed by atoms with Crippen molar-refractivity contribution >= 4 is 29.6 Å². The van der Waals surface area contributed by atoms with E-state index in [0.29, 0.717) is 37.4 Å². The number of amides is 3. The van der Waals surface area contributed by atoms with Crippen LogP contribution in [0.3, 0.4) is 0 Å². The maximum absolute atomic E-state index is 12.5. The number of nitrogens with zero attached hydrogens (tertiary/aromatic N) is 3. The normalized spacial score (nSPS) is 18.3. The summed E-state index contributed by atoms with van der Waals surface area (Å²) in [5, 5.41) is 8.97. The van der Waals surface area contributed by atoms with E-state index in [9.17, 15) is 19.2 Å². The van der Waals surface area contributed by atoms with Crippen LogP contribution in [0.5, 0.6) is 11.6 Å². The van der Waals surface area contributed by atoms with Crippen molar-refractivity contribution in [2.75, 3.05) is 18.0 Å². The molecule has 0 unspecified atom stereocenters. The lowest BCUT2D eigenvalue weighted by molar-refractivity contribution is -0.132. The Morgan fingerprint density at radius 2 is 1.63 bits per heavy atom. The summed E-state index contributed by atoms with van der Waals surface area (Å²) in [4.78, 5) is 55.1. The van der Waals surface area contributed by atoms with Gasteiger partial charge >= 0.3 is 12.1 Å². The number of hydrogen-bond donors (Lipinski definition) is 1. The third kappa shape index (κ3) is 5.76. The minimum atomic E-state index is -0.995. The summed E-state index contributed by atoms with van der Waals surface area (Å²) in [6, 6.07) is 9.21. The molecule has 35 heavy (non-hydrogen) atoms. The molecule has 0 saturated carbocycles. The van der Waals surface area contributed by atoms with Gasteiger partial charge in [0, 0.05) is 44.8 Å². The van der Waals surface area contributed by atoms with Crippen LogP contribution in [0.2, 0.25) is 0 Å². The number of anilines is 1. The van der Waals surface area contributed by atoms with E-state index in [2.05, 4.69) is 4.98 Å². The van der Waals surface area contributed by atoms with E-state index in [1.165, 1.54) is 24.4 Å². The van der Waals surface area contributed by atoms with Gasteiger partial charge in [0.25, 0.3) is 0 Å². The molecule has 1 aromatic heterocycles. The standard InChI is InChI=1S/C25H27N3O7/c1-25(2)13-21(29)28(22(30)14-25)17-5-8-20(26-15-17)35-24(33)27-11-9-19(10-12-27)34-18-6-3-16(4-7-18)23(31)32/h3-8,15,19H,9-14H2,1-2H3,(H,31,32). The number of aromatic nitrogens is 1. The Labute approximate surface area is 202 Å². The molecule has 1 aromatic carbocycles. The van der Waals surface area contributed by atoms with Gasteiger partial charge in [-0.1, -0.05) is 13.8 Å². The molecule has 4 rings (SSSR count). The second-order valence-electron chi connectivity index (χ2n) is 9.50. The third-order valence-electron chi connectivity index (χ3n) is 6.03. The largest absolute Gasteiger partial charge is 0.490 e. The molecule has 2 saturated heterocycles. The van der Waals surface area contributed by atoms with Crippen LogP contribution in [-0.2, 0) is 9.59 Å². The highest BCUT2D eigenvalue weighted by Gasteiger charge is 2.38. The van der Waals surface area contributed by atoms with Crippen molar-refractivity contribution in [1.82, 2.24) is 9.88 Å². The van der Waals surface area contributed by atoms with Gasteiger partial charge in [-0.05, 0) is 35.7 Å². The third-order valence-corrected chi connectivity index (χ3v) is 6.03. The van der Waals surface area contributed by atoms with Crippen molar-refractivity contribution < 1.29 is 33.8 Å². The summed E-state index contributed by atoms with van der Waals surface area (Å²) >= 11 is 0. The maximum atomic E-state index is 12.5. The number of piperidine rings is 2. The first-order chi connectivity index (χ1) is 16.6. The van der Waals surface area contributed by atoms with Crippen LogP contribution in [0, 0.1) is 5.41 Å². The van der Waals surface area contributed by atoms with Crippen molar-refractivity contribution in [3.05, 3.63) is 48.2 Å². The van der Waals surface area contributed by atoms with Gasteiger partial charge in [0.15, 0.2) is 0 Å². The van der Waals surface area contributed by atoms with E-state index in [0.717, 1.165) is 4.90 Å². The number of pyridine rings is 1. The van der Waals surface area contributed by atoms with Crippen LogP contribution < -0.4 is 14.4 Å². The summed E-state index contributed by atoms with van der Waals surface area (Å²) in [5.41, 5.74) is 0.177. The quantitative estimate of drug-likeness (QED) is 0.643. The lowest BCUT2D eigenvalue weighted by Gasteiger charge is -2.34. The number of imide groups is 1. The number of carbonyl (C=O) groups is 4. The summed E-state index contributed by atoms with van der Waals surface area (Å²) in [5.74, 6) is -0.895. The van der Waals surface area contributed by atoms with Crippen molar-refractivity contribution in [3.63, 3.8) is 0 Å². The lowest BCUT2D eigenvalue weighted by atomic mass is 9.81. The van der Waals surface area contributed by atoms with E-state index in [1.54, 1.807) is 23.1 Å². The molecule has 10 heteroatoms. The molecule has 1 N–H and O–H groups in total. The Bertz CT molecular complexity index is 1100. The molecule has 0 spiro atoms. The molecule has 3 heterocycles. The zero-order valence-electron chi connectivity index (χ0n) is 19.6. The average Bonchev–Trinajstić information content (AvgIpc) is 2.80. The van der Waals surface area contributed by atoms with Crippen LogP contribution in [-0.4, -0.2) is 58.1 Å². The molecular formula is C25H27N3O7. The van der Waals surface area contributed by atoms with Crippen LogP contribution in [0.15, 0.2) is 42.6 Å². The SMILES string of the molecule is CC1(C)CC(=O)N(c2ccc(OC(=O)N3CCC(Oc4ccc(C(=O)O)cc4)CC3)nc2)C(=O)C1. The molecule has 2 aliphatic heterocycles.